The van der Waals surface area contributed by atoms with E-state index < -0.39 is 5.60 Å². The minimum Gasteiger partial charge on any atom is -0.492 e. The maximum atomic E-state index is 11.2. The lowest BCUT2D eigenvalue weighted by molar-refractivity contribution is -0.114. The number of hydrogen-bond donors (Lipinski definition) is 3. The van der Waals surface area contributed by atoms with Crippen molar-refractivity contribution in [3.63, 3.8) is 0 Å². The number of aliphatic hydroxyl groups is 1. The van der Waals surface area contributed by atoms with E-state index in [1.165, 1.54) is 6.92 Å². The Balaban J connectivity index is 3.13. The highest BCUT2D eigenvalue weighted by Gasteiger charge is 2.23. The molecule has 0 aliphatic heterocycles. The van der Waals surface area contributed by atoms with Crippen LogP contribution >= 0.6 is 0 Å². The Kier molecular flexibility index (Phi) is 5.32. The average molecular weight is 266 g/mol. The van der Waals surface area contributed by atoms with Crippen molar-refractivity contribution >= 4 is 11.6 Å². The Morgan fingerprint density at radius 3 is 2.68 bits per heavy atom. The third kappa shape index (κ3) is 4.22. The lowest BCUT2D eigenvalue weighted by Crippen LogP contribution is -2.33. The lowest BCUT2D eigenvalue weighted by Gasteiger charge is -2.24. The van der Waals surface area contributed by atoms with Crippen LogP contribution in [0.2, 0.25) is 0 Å². The zero-order valence-corrected chi connectivity index (χ0v) is 11.9. The molecule has 0 saturated heterocycles. The molecule has 5 nitrogen and oxygen atoms in total. The van der Waals surface area contributed by atoms with Crippen molar-refractivity contribution < 1.29 is 14.6 Å². The molecule has 5 heteroatoms. The molecule has 1 unspecified atom stereocenters. The number of ether oxygens (including phenoxy) is 1. The molecule has 0 fully saturated rings. The summed E-state index contributed by atoms with van der Waals surface area (Å²) < 4.78 is 5.45. The normalized spacial score (nSPS) is 13.7. The molecule has 1 rings (SSSR count). The van der Waals surface area contributed by atoms with Crippen LogP contribution in [-0.2, 0) is 10.4 Å². The van der Waals surface area contributed by atoms with Crippen molar-refractivity contribution in [2.45, 2.75) is 26.4 Å². The Morgan fingerprint density at radius 2 is 2.16 bits per heavy atom. The van der Waals surface area contributed by atoms with E-state index in [0.717, 1.165) is 0 Å². The number of nitrogens with one attached hydrogen (secondary N) is 2. The average Bonchev–Trinajstić information content (AvgIpc) is 2.30. The van der Waals surface area contributed by atoms with Gasteiger partial charge in [-0.1, -0.05) is 6.07 Å². The summed E-state index contributed by atoms with van der Waals surface area (Å²) in [5, 5.41) is 16.0. The smallest absolute Gasteiger partial charge is 0.221 e. The van der Waals surface area contributed by atoms with Gasteiger partial charge in [-0.3, -0.25) is 4.79 Å². The van der Waals surface area contributed by atoms with Crippen LogP contribution in [0, 0.1) is 0 Å². The van der Waals surface area contributed by atoms with Crippen molar-refractivity contribution in [2.75, 3.05) is 25.5 Å². The van der Waals surface area contributed by atoms with Gasteiger partial charge < -0.3 is 20.5 Å². The summed E-state index contributed by atoms with van der Waals surface area (Å²) in [5.74, 6) is 0.424. The first kappa shape index (κ1) is 15.5. The molecule has 0 aromatic heterocycles. The zero-order valence-electron chi connectivity index (χ0n) is 11.9. The van der Waals surface area contributed by atoms with E-state index in [0.29, 0.717) is 30.2 Å². The van der Waals surface area contributed by atoms with Gasteiger partial charge in [0.25, 0.3) is 0 Å². The molecular formula is C14H22N2O3. The van der Waals surface area contributed by atoms with Crippen LogP contribution in [0.1, 0.15) is 26.3 Å². The second kappa shape index (κ2) is 6.54. The Bertz CT molecular complexity index is 444. The summed E-state index contributed by atoms with van der Waals surface area (Å²) in [6.07, 6.45) is 0. The Morgan fingerprint density at radius 1 is 1.47 bits per heavy atom. The van der Waals surface area contributed by atoms with Crippen LogP contribution in [0.5, 0.6) is 5.75 Å². The number of rotatable bonds is 6. The molecule has 3 N–H and O–H groups in total. The third-order valence-electron chi connectivity index (χ3n) is 2.73. The quantitative estimate of drug-likeness (QED) is 0.729. The molecular weight excluding hydrogens is 244 g/mol. The summed E-state index contributed by atoms with van der Waals surface area (Å²) in [5.41, 5.74) is 0.282. The Labute approximate surface area is 114 Å². The maximum Gasteiger partial charge on any atom is 0.221 e. The third-order valence-corrected chi connectivity index (χ3v) is 2.73. The summed E-state index contributed by atoms with van der Waals surface area (Å²) in [4.78, 5) is 11.2. The van der Waals surface area contributed by atoms with Crippen LogP contribution in [0.4, 0.5) is 5.69 Å². The molecule has 19 heavy (non-hydrogen) atoms. The molecule has 1 atom stereocenters. The van der Waals surface area contributed by atoms with Gasteiger partial charge >= 0.3 is 0 Å². The van der Waals surface area contributed by atoms with Gasteiger partial charge in [-0.25, -0.2) is 0 Å². The molecule has 1 amide bonds. The highest BCUT2D eigenvalue weighted by Crippen LogP contribution is 2.30. The van der Waals surface area contributed by atoms with E-state index >= 15 is 0 Å². The fourth-order valence-electron chi connectivity index (χ4n) is 1.88. The number of benzene rings is 1. The summed E-state index contributed by atoms with van der Waals surface area (Å²) in [6, 6.07) is 5.30. The van der Waals surface area contributed by atoms with Gasteiger partial charge in [0, 0.05) is 13.5 Å². The Hall–Kier alpha value is -1.59. The predicted molar refractivity (Wildman–Crippen MR) is 75.4 cm³/mol. The van der Waals surface area contributed by atoms with E-state index in [9.17, 15) is 9.90 Å². The summed E-state index contributed by atoms with van der Waals surface area (Å²) in [6.45, 7) is 5.97. The van der Waals surface area contributed by atoms with E-state index in [2.05, 4.69) is 10.6 Å². The second-order valence-corrected chi connectivity index (χ2v) is 4.63. The number of anilines is 1. The minimum absolute atomic E-state index is 0.175. The van der Waals surface area contributed by atoms with Gasteiger partial charge in [-0.15, -0.1) is 0 Å². The first-order valence-electron chi connectivity index (χ1n) is 6.32. The molecule has 0 aliphatic carbocycles. The minimum atomic E-state index is -1.01. The molecule has 0 aliphatic rings. The molecule has 106 valence electrons. The monoisotopic (exact) mass is 266 g/mol. The van der Waals surface area contributed by atoms with Crippen molar-refractivity contribution in [1.82, 2.24) is 5.32 Å². The molecule has 0 spiro atoms. The molecule has 0 saturated carbocycles. The fraction of sp³-hybridized carbons (Fsp3) is 0.500. The fourth-order valence-corrected chi connectivity index (χ4v) is 1.88. The highest BCUT2D eigenvalue weighted by atomic mass is 16.5. The molecule has 1 aromatic carbocycles. The standard InChI is InChI=1S/C14H22N2O3/c1-5-19-13-7-6-11(14(3,18)9-15-4)8-12(13)16-10(2)17/h6-8,15,18H,5,9H2,1-4H3,(H,16,17). The maximum absolute atomic E-state index is 11.2. The number of carbonyl (C=O) groups is 1. The largest absolute Gasteiger partial charge is 0.492 e. The summed E-state index contributed by atoms with van der Waals surface area (Å²) in [7, 11) is 1.78. The number of carbonyl (C=O) groups excluding carboxylic acids is 1. The van der Waals surface area contributed by atoms with Crippen molar-refractivity contribution in [3.8, 4) is 5.75 Å². The first-order chi connectivity index (χ1) is 8.90. The second-order valence-electron chi connectivity index (χ2n) is 4.63. The van der Waals surface area contributed by atoms with E-state index in [1.54, 1.807) is 32.2 Å². The van der Waals surface area contributed by atoms with E-state index in [1.807, 2.05) is 6.92 Å². The number of amides is 1. The van der Waals surface area contributed by atoms with Gasteiger partial charge in [0.05, 0.1) is 17.9 Å². The van der Waals surface area contributed by atoms with Crippen molar-refractivity contribution in [1.29, 1.82) is 0 Å². The van der Waals surface area contributed by atoms with Crippen LogP contribution in [0.3, 0.4) is 0 Å². The zero-order chi connectivity index (χ0) is 14.5. The van der Waals surface area contributed by atoms with Gasteiger partial charge in [-0.05, 0) is 38.6 Å². The molecule has 1 aromatic rings. The van der Waals surface area contributed by atoms with E-state index in [4.69, 9.17) is 4.74 Å². The van der Waals surface area contributed by atoms with Crippen LogP contribution < -0.4 is 15.4 Å². The van der Waals surface area contributed by atoms with Crippen LogP contribution in [0.25, 0.3) is 0 Å². The summed E-state index contributed by atoms with van der Waals surface area (Å²) >= 11 is 0. The highest BCUT2D eigenvalue weighted by molar-refractivity contribution is 5.90. The van der Waals surface area contributed by atoms with E-state index in [-0.39, 0.29) is 5.91 Å². The molecule has 0 radical (unpaired) electrons. The predicted octanol–water partition coefficient (Wildman–Crippen LogP) is 1.47. The van der Waals surface area contributed by atoms with Gasteiger partial charge in [0.2, 0.25) is 5.91 Å². The SMILES string of the molecule is CCOc1ccc(C(C)(O)CNC)cc1NC(C)=O. The topological polar surface area (TPSA) is 70.6 Å². The van der Waals surface area contributed by atoms with Crippen LogP contribution in [0.15, 0.2) is 18.2 Å². The van der Waals surface area contributed by atoms with Crippen LogP contribution in [-0.4, -0.2) is 31.2 Å². The molecule has 0 heterocycles. The van der Waals surface area contributed by atoms with Gasteiger partial charge in [-0.2, -0.15) is 0 Å². The molecule has 0 bridgehead atoms. The van der Waals surface area contributed by atoms with Crippen molar-refractivity contribution in [3.05, 3.63) is 23.8 Å². The number of likely N-dealkylation sites (N-methyl/N-ethyl adjacent to an activating group) is 1. The van der Waals surface area contributed by atoms with Gasteiger partial charge in [0.15, 0.2) is 0 Å². The van der Waals surface area contributed by atoms with Gasteiger partial charge in [0.1, 0.15) is 5.75 Å². The lowest BCUT2D eigenvalue weighted by atomic mass is 9.95. The number of hydrogen-bond acceptors (Lipinski definition) is 4. The van der Waals surface area contributed by atoms with Crippen molar-refractivity contribution in [2.24, 2.45) is 0 Å². The first-order valence-corrected chi connectivity index (χ1v) is 6.32.